The molecule has 1 heterocycles. The Balaban J connectivity index is 1.61. The predicted octanol–water partition coefficient (Wildman–Crippen LogP) is 1.71. The van der Waals surface area contributed by atoms with Gasteiger partial charge in [0.15, 0.2) is 17.7 Å². The second-order valence-corrected chi connectivity index (χ2v) is 6.98. The zero-order chi connectivity index (χ0) is 25.2. The minimum Gasteiger partial charge on any atom is -0.422 e. The average Bonchev–Trinajstić information content (AvgIpc) is 2.87. The van der Waals surface area contributed by atoms with Crippen molar-refractivity contribution in [3.05, 3.63) is 72.3 Å². The number of nitrogen functional groups attached to an aromatic ring is 1. The van der Waals surface area contributed by atoms with Gasteiger partial charge in [-0.3, -0.25) is 9.59 Å². The molecule has 0 aliphatic heterocycles. The number of nitrogens with zero attached hydrogens (tertiary/aromatic N) is 3. The van der Waals surface area contributed by atoms with Gasteiger partial charge in [0.1, 0.15) is 17.2 Å². The largest absolute Gasteiger partial charge is 0.422 e. The van der Waals surface area contributed by atoms with Crippen molar-refractivity contribution in [3.63, 3.8) is 0 Å². The highest BCUT2D eigenvalue weighted by molar-refractivity contribution is 5.99. The number of carbonyl (C=O) groups excluding carboxylic acids is 3. The van der Waals surface area contributed by atoms with Crippen LogP contribution in [0, 0.1) is 0 Å². The van der Waals surface area contributed by atoms with E-state index in [1.54, 1.807) is 42.5 Å². The van der Waals surface area contributed by atoms with E-state index in [-0.39, 0.29) is 41.2 Å². The van der Waals surface area contributed by atoms with Gasteiger partial charge in [-0.2, -0.15) is 0 Å². The molecule has 0 bridgehead atoms. The molecular weight excluding hydrogens is 456 g/mol. The van der Waals surface area contributed by atoms with Crippen LogP contribution >= 0.6 is 0 Å². The van der Waals surface area contributed by atoms with Gasteiger partial charge in [-0.15, -0.1) is 10.2 Å². The number of para-hydroxylation sites is 1. The topological polar surface area (TPSA) is 189 Å². The van der Waals surface area contributed by atoms with Crippen LogP contribution in [0.25, 0.3) is 0 Å². The first kappa shape index (κ1) is 25.0. The Bertz CT molecular complexity index is 1230. The van der Waals surface area contributed by atoms with E-state index in [0.717, 1.165) is 0 Å². The van der Waals surface area contributed by atoms with Gasteiger partial charge in [0.05, 0.1) is 13.2 Å². The second kappa shape index (κ2) is 12.0. The fraction of sp³-hybridized carbons (Fsp3) is 0.130. The van der Waals surface area contributed by atoms with Crippen molar-refractivity contribution < 1.29 is 29.3 Å². The van der Waals surface area contributed by atoms with Gasteiger partial charge in [0.2, 0.25) is 5.91 Å². The van der Waals surface area contributed by atoms with E-state index in [9.17, 15) is 19.5 Å². The highest BCUT2D eigenvalue weighted by Gasteiger charge is 2.18. The number of aliphatic hydroxyl groups excluding tert-OH is 2. The average molecular weight is 478 g/mol. The molecule has 0 spiro atoms. The van der Waals surface area contributed by atoms with E-state index in [1.165, 1.54) is 24.3 Å². The fourth-order valence-corrected chi connectivity index (χ4v) is 2.65. The Labute approximate surface area is 199 Å². The van der Waals surface area contributed by atoms with Gasteiger partial charge in [0, 0.05) is 5.56 Å². The number of carbonyl (C=O) groups is 3. The van der Waals surface area contributed by atoms with E-state index >= 15 is 0 Å². The summed E-state index contributed by atoms with van der Waals surface area (Å²) in [6.07, 6.45) is -1.69. The number of hydrogen-bond acceptors (Lipinski definition) is 10. The second-order valence-electron chi connectivity index (χ2n) is 6.98. The molecule has 12 heteroatoms. The van der Waals surface area contributed by atoms with Gasteiger partial charge < -0.3 is 31.3 Å². The summed E-state index contributed by atoms with van der Waals surface area (Å²) in [6, 6.07) is 17.5. The van der Waals surface area contributed by atoms with Gasteiger partial charge in [-0.05, 0) is 36.4 Å². The summed E-state index contributed by atoms with van der Waals surface area (Å²) < 4.78 is 5.02. The van der Waals surface area contributed by atoms with Crippen LogP contribution in [0.5, 0.6) is 5.75 Å². The van der Waals surface area contributed by atoms with Crippen molar-refractivity contribution >= 4 is 40.8 Å². The summed E-state index contributed by atoms with van der Waals surface area (Å²) in [4.78, 5) is 39.9. The predicted molar refractivity (Wildman–Crippen MR) is 125 cm³/mol. The number of aromatic nitrogens is 1. The van der Waals surface area contributed by atoms with Crippen molar-refractivity contribution in [2.75, 3.05) is 24.2 Å². The third-order valence-corrected chi connectivity index (χ3v) is 4.40. The lowest BCUT2D eigenvalue weighted by atomic mass is 10.2. The van der Waals surface area contributed by atoms with Crippen LogP contribution in [-0.4, -0.2) is 52.2 Å². The number of azo groups is 1. The maximum Gasteiger partial charge on any atom is 0.342 e. The van der Waals surface area contributed by atoms with Crippen molar-refractivity contribution in [2.45, 2.75) is 6.10 Å². The summed E-state index contributed by atoms with van der Waals surface area (Å²) in [7, 11) is 0. The number of rotatable bonds is 9. The zero-order valence-corrected chi connectivity index (χ0v) is 18.3. The third kappa shape index (κ3) is 7.15. The van der Waals surface area contributed by atoms with Crippen molar-refractivity contribution in [1.29, 1.82) is 0 Å². The van der Waals surface area contributed by atoms with Crippen molar-refractivity contribution in [2.24, 2.45) is 10.2 Å². The Hall–Kier alpha value is -4.68. The number of esters is 1. The first-order chi connectivity index (χ1) is 16.9. The maximum absolute atomic E-state index is 12.1. The van der Waals surface area contributed by atoms with Crippen molar-refractivity contribution in [3.8, 4) is 5.75 Å². The molecule has 2 aromatic carbocycles. The Morgan fingerprint density at radius 2 is 1.66 bits per heavy atom. The molecule has 0 radical (unpaired) electrons. The molecule has 0 aliphatic rings. The molecule has 3 aromatic rings. The van der Waals surface area contributed by atoms with Gasteiger partial charge >= 0.3 is 5.97 Å². The van der Waals surface area contributed by atoms with Gasteiger partial charge in [-0.1, -0.05) is 30.3 Å². The molecule has 0 unspecified atom stereocenters. The summed E-state index contributed by atoms with van der Waals surface area (Å²) in [5.41, 5.74) is 6.67. The number of ether oxygens (including phenoxy) is 1. The number of amides is 2. The number of benzene rings is 2. The normalized spacial score (nSPS) is 11.6. The van der Waals surface area contributed by atoms with E-state index in [0.29, 0.717) is 5.56 Å². The number of aliphatic hydroxyl groups is 2. The quantitative estimate of drug-likeness (QED) is 0.174. The highest BCUT2D eigenvalue weighted by atomic mass is 16.6. The number of hydrogen-bond donors (Lipinski definition) is 5. The summed E-state index contributed by atoms with van der Waals surface area (Å²) in [5, 5.41) is 31.2. The SMILES string of the molecule is Nc1nc(NC(=O)CNC(=O)c2ccccc2)ccc1/N=N/c1ccccc1OC(=O)[C@@H](O)CO. The lowest BCUT2D eigenvalue weighted by Gasteiger charge is -2.09. The standard InChI is InChI=1S/C23H22N6O6/c24-21-16(29-28-15-8-4-5-9-18(15)35-23(34)17(31)13-30)10-11-19(27-21)26-20(32)12-25-22(33)14-6-2-1-3-7-14/h1-11,17,30-31H,12-13H2,(H,25,33)(H3,24,26,27,32)/b29-28+/t17-/m0/s1. The molecule has 180 valence electrons. The molecule has 0 saturated carbocycles. The highest BCUT2D eigenvalue weighted by Crippen LogP contribution is 2.30. The van der Waals surface area contributed by atoms with E-state index in [2.05, 4.69) is 25.8 Å². The Morgan fingerprint density at radius 3 is 2.37 bits per heavy atom. The van der Waals surface area contributed by atoms with Gasteiger partial charge in [0.25, 0.3) is 5.91 Å². The Morgan fingerprint density at radius 1 is 0.971 bits per heavy atom. The molecule has 0 saturated heterocycles. The number of pyridine rings is 1. The molecule has 0 aliphatic carbocycles. The first-order valence-corrected chi connectivity index (χ1v) is 10.3. The lowest BCUT2D eigenvalue weighted by Crippen LogP contribution is -2.33. The molecular formula is C23H22N6O6. The summed E-state index contributed by atoms with van der Waals surface area (Å²) in [6.45, 7) is -1.05. The molecule has 2 amide bonds. The van der Waals surface area contributed by atoms with Crippen LogP contribution in [0.1, 0.15) is 10.4 Å². The molecule has 1 atom stereocenters. The number of nitrogens with one attached hydrogen (secondary N) is 2. The molecule has 12 nitrogen and oxygen atoms in total. The van der Waals surface area contributed by atoms with E-state index in [1.807, 2.05) is 0 Å². The lowest BCUT2D eigenvalue weighted by molar-refractivity contribution is -0.145. The minimum atomic E-state index is -1.69. The van der Waals surface area contributed by atoms with Crippen LogP contribution in [0.3, 0.4) is 0 Å². The smallest absolute Gasteiger partial charge is 0.342 e. The van der Waals surface area contributed by atoms with E-state index in [4.69, 9.17) is 15.6 Å². The van der Waals surface area contributed by atoms with Crippen molar-refractivity contribution in [1.82, 2.24) is 10.3 Å². The fourth-order valence-electron chi connectivity index (χ4n) is 2.65. The number of anilines is 2. The molecule has 1 aromatic heterocycles. The molecule has 3 rings (SSSR count). The molecule has 35 heavy (non-hydrogen) atoms. The Kier molecular flexibility index (Phi) is 8.53. The monoisotopic (exact) mass is 478 g/mol. The number of nitrogens with two attached hydrogens (primary N) is 1. The van der Waals surface area contributed by atoms with Crippen LogP contribution < -0.4 is 21.1 Å². The zero-order valence-electron chi connectivity index (χ0n) is 18.3. The molecule has 0 fully saturated rings. The maximum atomic E-state index is 12.1. The summed E-state index contributed by atoms with van der Waals surface area (Å²) in [5.74, 6) is -1.81. The van der Waals surface area contributed by atoms with Crippen LogP contribution in [0.2, 0.25) is 0 Å². The van der Waals surface area contributed by atoms with Crippen LogP contribution in [0.4, 0.5) is 23.0 Å². The third-order valence-electron chi connectivity index (χ3n) is 4.40. The van der Waals surface area contributed by atoms with Gasteiger partial charge in [-0.25, -0.2) is 9.78 Å². The minimum absolute atomic E-state index is 0.0155. The van der Waals surface area contributed by atoms with Crippen LogP contribution in [-0.2, 0) is 9.59 Å². The summed E-state index contributed by atoms with van der Waals surface area (Å²) >= 11 is 0. The van der Waals surface area contributed by atoms with E-state index < -0.39 is 24.6 Å². The molecule has 6 N–H and O–H groups in total. The van der Waals surface area contributed by atoms with Crippen LogP contribution in [0.15, 0.2) is 77.0 Å². The first-order valence-electron chi connectivity index (χ1n) is 10.3.